The van der Waals surface area contributed by atoms with Crippen molar-refractivity contribution in [1.29, 1.82) is 0 Å². The molecular formula is C24H34F3N3O3. The van der Waals surface area contributed by atoms with Crippen molar-refractivity contribution >= 4 is 5.91 Å². The van der Waals surface area contributed by atoms with Gasteiger partial charge in [-0.15, -0.1) is 0 Å². The molecule has 1 amide bonds. The average Bonchev–Trinajstić information content (AvgIpc) is 3.19. The Morgan fingerprint density at radius 2 is 2.00 bits per heavy atom. The summed E-state index contributed by atoms with van der Waals surface area (Å²) in [6.07, 6.45) is -1.26. The largest absolute Gasteiger partial charge is 0.416 e. The normalized spacial score (nSPS) is 30.5. The second-order valence-corrected chi connectivity index (χ2v) is 10.3. The van der Waals surface area contributed by atoms with Gasteiger partial charge in [-0.1, -0.05) is 20.8 Å². The predicted molar refractivity (Wildman–Crippen MR) is 118 cm³/mol. The maximum atomic E-state index is 13.8. The van der Waals surface area contributed by atoms with Crippen molar-refractivity contribution in [2.24, 2.45) is 17.3 Å². The first-order valence-corrected chi connectivity index (χ1v) is 12.0. The Bertz CT molecular complexity index is 945. The third kappa shape index (κ3) is 4.71. The number of ether oxygens (including phenoxy) is 1. The van der Waals surface area contributed by atoms with Gasteiger partial charge in [0.2, 0.25) is 5.91 Å². The van der Waals surface area contributed by atoms with E-state index in [0.717, 1.165) is 45.0 Å². The fraction of sp³-hybridized carbons (Fsp3) is 0.750. The van der Waals surface area contributed by atoms with Gasteiger partial charge in [0, 0.05) is 43.5 Å². The molecule has 0 radical (unpaired) electrons. The second kappa shape index (κ2) is 9.06. The third-order valence-electron chi connectivity index (χ3n) is 7.95. The summed E-state index contributed by atoms with van der Waals surface area (Å²) in [4.78, 5) is 27.7. The lowest BCUT2D eigenvalue weighted by Crippen LogP contribution is -2.51. The average molecular weight is 470 g/mol. The van der Waals surface area contributed by atoms with Crippen LogP contribution in [0.25, 0.3) is 0 Å². The number of pyridine rings is 1. The van der Waals surface area contributed by atoms with Gasteiger partial charge in [-0.2, -0.15) is 13.2 Å². The molecule has 3 heterocycles. The van der Waals surface area contributed by atoms with Gasteiger partial charge in [-0.05, 0) is 43.6 Å². The zero-order valence-electron chi connectivity index (χ0n) is 19.6. The molecule has 4 atom stereocenters. The Morgan fingerprint density at radius 3 is 2.67 bits per heavy atom. The number of carbonyl (C=O) groups excluding carboxylic acids is 1. The van der Waals surface area contributed by atoms with Crippen LogP contribution < -0.4 is 10.9 Å². The summed E-state index contributed by atoms with van der Waals surface area (Å²) < 4.78 is 46.6. The quantitative estimate of drug-likeness (QED) is 0.734. The molecule has 2 fully saturated rings. The van der Waals surface area contributed by atoms with Gasteiger partial charge < -0.3 is 19.5 Å². The van der Waals surface area contributed by atoms with Gasteiger partial charge in [0.15, 0.2) is 0 Å². The number of nitrogens with one attached hydrogen (secondary N) is 1. The summed E-state index contributed by atoms with van der Waals surface area (Å²) in [5.41, 5.74) is -1.92. The van der Waals surface area contributed by atoms with Crippen LogP contribution in [0.2, 0.25) is 0 Å². The maximum Gasteiger partial charge on any atom is 0.416 e. The highest BCUT2D eigenvalue weighted by Gasteiger charge is 2.50. The minimum absolute atomic E-state index is 0.00191. The molecule has 1 N–H and O–H groups in total. The molecule has 33 heavy (non-hydrogen) atoms. The highest BCUT2D eigenvalue weighted by molar-refractivity contribution is 5.83. The molecular weight excluding hydrogens is 435 g/mol. The number of aromatic nitrogens is 1. The Balaban J connectivity index is 1.51. The van der Waals surface area contributed by atoms with Crippen LogP contribution in [0, 0.1) is 17.3 Å². The van der Waals surface area contributed by atoms with Gasteiger partial charge in [-0.3, -0.25) is 9.59 Å². The number of nitrogens with zero attached hydrogens (tertiary/aromatic N) is 2. The van der Waals surface area contributed by atoms with E-state index in [-0.39, 0.29) is 36.7 Å². The lowest BCUT2D eigenvalue weighted by molar-refractivity contribution is -0.146. The van der Waals surface area contributed by atoms with Gasteiger partial charge >= 0.3 is 6.18 Å². The molecule has 1 aliphatic carbocycles. The number of halogens is 3. The van der Waals surface area contributed by atoms with E-state index in [9.17, 15) is 22.8 Å². The maximum absolute atomic E-state index is 13.8. The molecule has 9 heteroatoms. The number of hydrogen-bond donors (Lipinski definition) is 1. The number of rotatable bonds is 4. The Morgan fingerprint density at radius 1 is 1.24 bits per heavy atom. The molecule has 2 aliphatic heterocycles. The molecule has 1 aromatic heterocycles. The predicted octanol–water partition coefficient (Wildman–Crippen LogP) is 3.42. The fourth-order valence-electron chi connectivity index (χ4n) is 5.80. The Kier molecular flexibility index (Phi) is 6.66. The first-order chi connectivity index (χ1) is 15.5. The van der Waals surface area contributed by atoms with Gasteiger partial charge in [0.05, 0.1) is 24.1 Å². The molecule has 0 aromatic carbocycles. The van der Waals surface area contributed by atoms with E-state index in [1.54, 1.807) is 4.90 Å². The van der Waals surface area contributed by atoms with Crippen LogP contribution in [-0.4, -0.2) is 47.2 Å². The second-order valence-electron chi connectivity index (χ2n) is 10.3. The number of alkyl halides is 3. The minimum atomic E-state index is -4.59. The zero-order valence-corrected chi connectivity index (χ0v) is 19.6. The third-order valence-corrected chi connectivity index (χ3v) is 7.95. The summed E-state index contributed by atoms with van der Waals surface area (Å²) >= 11 is 0. The molecule has 3 aliphatic rings. The monoisotopic (exact) mass is 469 g/mol. The van der Waals surface area contributed by atoms with E-state index in [1.165, 1.54) is 4.57 Å². The molecule has 0 spiro atoms. The molecule has 184 valence electrons. The number of carbonyl (C=O) groups is 1. The van der Waals surface area contributed by atoms with Crippen molar-refractivity contribution in [3.05, 3.63) is 33.7 Å². The van der Waals surface area contributed by atoms with Crippen molar-refractivity contribution in [3.8, 4) is 0 Å². The minimum Gasteiger partial charge on any atom is -0.381 e. The van der Waals surface area contributed by atoms with Crippen molar-refractivity contribution in [2.75, 3.05) is 19.8 Å². The topological polar surface area (TPSA) is 63.6 Å². The van der Waals surface area contributed by atoms with Gasteiger partial charge in [-0.25, -0.2) is 0 Å². The smallest absolute Gasteiger partial charge is 0.381 e. The Hall–Kier alpha value is -1.87. The summed E-state index contributed by atoms with van der Waals surface area (Å²) in [6.45, 7) is 8.36. The van der Waals surface area contributed by atoms with Crippen LogP contribution in [-0.2, 0) is 28.8 Å². The molecule has 4 rings (SSSR count). The van der Waals surface area contributed by atoms with Crippen LogP contribution in [0.15, 0.2) is 16.9 Å². The van der Waals surface area contributed by atoms with Gasteiger partial charge in [0.25, 0.3) is 5.56 Å². The van der Waals surface area contributed by atoms with Crippen molar-refractivity contribution in [3.63, 3.8) is 0 Å². The van der Waals surface area contributed by atoms with Crippen LogP contribution in [0.3, 0.4) is 0 Å². The lowest BCUT2D eigenvalue weighted by Gasteiger charge is -2.40. The van der Waals surface area contributed by atoms with E-state index in [1.807, 2.05) is 0 Å². The van der Waals surface area contributed by atoms with Crippen LogP contribution >= 0.6 is 0 Å². The van der Waals surface area contributed by atoms with Crippen molar-refractivity contribution < 1.29 is 22.7 Å². The number of amides is 1. The first kappa shape index (κ1) is 24.3. The summed E-state index contributed by atoms with van der Waals surface area (Å²) in [7, 11) is 0. The summed E-state index contributed by atoms with van der Waals surface area (Å²) in [5, 5.41) is 3.76. The standard InChI is InChI=1S/C24H34F3N3O3/c1-15(2)23(6-4-18(12-23)28-20-5-9-33-14-16(20)3)22(32)29-7-8-30-19(13-29)10-17(11-21(30)31)24(25,26)27/h10-11,15-16,18,20,28H,4-9,12-14H2,1-3H3/t16?,18?,20?,23-/m0/s1. The molecule has 6 nitrogen and oxygen atoms in total. The molecule has 1 saturated carbocycles. The lowest BCUT2D eigenvalue weighted by atomic mass is 9.74. The highest BCUT2D eigenvalue weighted by atomic mass is 19.4. The summed E-state index contributed by atoms with van der Waals surface area (Å²) in [6, 6.07) is 2.25. The molecule has 1 aromatic rings. The van der Waals surface area contributed by atoms with E-state index in [4.69, 9.17) is 4.74 Å². The zero-order chi connectivity index (χ0) is 24.0. The van der Waals surface area contributed by atoms with Crippen LogP contribution in [0.1, 0.15) is 57.7 Å². The molecule has 0 bridgehead atoms. The van der Waals surface area contributed by atoms with Crippen molar-refractivity contribution in [1.82, 2.24) is 14.8 Å². The van der Waals surface area contributed by atoms with Crippen LogP contribution in [0.5, 0.6) is 0 Å². The first-order valence-electron chi connectivity index (χ1n) is 12.0. The van der Waals surface area contributed by atoms with Crippen LogP contribution in [0.4, 0.5) is 13.2 Å². The molecule has 1 saturated heterocycles. The number of hydrogen-bond acceptors (Lipinski definition) is 4. The van der Waals surface area contributed by atoms with E-state index in [0.29, 0.717) is 24.6 Å². The van der Waals surface area contributed by atoms with E-state index in [2.05, 4.69) is 26.1 Å². The summed E-state index contributed by atoms with van der Waals surface area (Å²) in [5.74, 6) is 0.524. The SMILES string of the molecule is CC1COCCC1NC1CC[C@@](C(=O)N2CCn3c(cc(C(F)(F)F)cc3=O)C2)(C(C)C)C1. The van der Waals surface area contributed by atoms with Gasteiger partial charge in [0.1, 0.15) is 0 Å². The van der Waals surface area contributed by atoms with E-state index >= 15 is 0 Å². The van der Waals surface area contributed by atoms with E-state index < -0.39 is 22.7 Å². The highest BCUT2D eigenvalue weighted by Crippen LogP contribution is 2.46. The van der Waals surface area contributed by atoms with Crippen molar-refractivity contribution in [2.45, 2.75) is 77.8 Å². The number of fused-ring (bicyclic) bond motifs is 1. The Labute approximate surface area is 192 Å². The fourth-order valence-corrected chi connectivity index (χ4v) is 5.80. The molecule has 3 unspecified atom stereocenters.